The maximum absolute atomic E-state index is 16.6. The number of hydrogen-bond acceptors (Lipinski definition) is 10. The Kier molecular flexibility index (Phi) is 9.07. The molecule has 4 heterocycles. The molecule has 2 saturated heterocycles. The lowest BCUT2D eigenvalue weighted by atomic mass is 9.96. The van der Waals surface area contributed by atoms with E-state index in [4.69, 9.17) is 15.2 Å². The van der Waals surface area contributed by atoms with Gasteiger partial charge in [-0.3, -0.25) is 9.89 Å². The molecule has 2 aliphatic heterocycles. The van der Waals surface area contributed by atoms with Crippen LogP contribution in [0.25, 0.3) is 22.2 Å². The summed E-state index contributed by atoms with van der Waals surface area (Å²) in [5, 5.41) is 3.17. The zero-order valence-corrected chi connectivity index (χ0v) is 24.8. The van der Waals surface area contributed by atoms with Gasteiger partial charge in [-0.1, -0.05) is 6.92 Å². The molecular formula is C29H35F5N8O2. The number of hydrogen-bond donors (Lipinski definition) is 2. The lowest BCUT2D eigenvalue weighted by Crippen LogP contribution is -2.62. The number of alkyl halides is 3. The van der Waals surface area contributed by atoms with E-state index in [0.29, 0.717) is 39.3 Å². The Morgan fingerprint density at radius 2 is 1.89 bits per heavy atom. The minimum Gasteiger partial charge on any atom is -0.474 e. The van der Waals surface area contributed by atoms with Gasteiger partial charge in [0.05, 0.1) is 37.1 Å². The van der Waals surface area contributed by atoms with E-state index in [-0.39, 0.29) is 41.1 Å². The summed E-state index contributed by atoms with van der Waals surface area (Å²) in [6, 6.07) is 0.968. The van der Waals surface area contributed by atoms with Crippen molar-refractivity contribution in [1.82, 2.24) is 19.9 Å². The second-order valence-corrected chi connectivity index (χ2v) is 10.9. The summed E-state index contributed by atoms with van der Waals surface area (Å²) in [5.74, 6) is -2.18. The van der Waals surface area contributed by atoms with Crippen LogP contribution in [0, 0.1) is 18.6 Å². The van der Waals surface area contributed by atoms with Crippen LogP contribution >= 0.6 is 0 Å². The molecule has 0 aliphatic carbocycles. The van der Waals surface area contributed by atoms with Crippen LogP contribution in [-0.2, 0) is 10.9 Å². The highest BCUT2D eigenvalue weighted by Gasteiger charge is 2.40. The first-order valence-corrected chi connectivity index (χ1v) is 14.4. The summed E-state index contributed by atoms with van der Waals surface area (Å²) >= 11 is 0. The third-order valence-electron chi connectivity index (χ3n) is 7.96. The minimum atomic E-state index is -5.04. The second kappa shape index (κ2) is 12.6. The highest BCUT2D eigenvalue weighted by Crippen LogP contribution is 2.45. The van der Waals surface area contributed by atoms with Gasteiger partial charge in [0, 0.05) is 44.3 Å². The minimum absolute atomic E-state index is 0.0602. The molecule has 0 spiro atoms. The molecule has 10 nitrogen and oxygen atoms in total. The number of nitrogens with one attached hydrogen (secondary N) is 1. The number of nitrogens with two attached hydrogens (primary N) is 1. The van der Waals surface area contributed by atoms with Crippen LogP contribution in [0.15, 0.2) is 11.1 Å². The molecule has 1 aromatic carbocycles. The van der Waals surface area contributed by atoms with Crippen molar-refractivity contribution in [3.63, 3.8) is 0 Å². The van der Waals surface area contributed by atoms with Gasteiger partial charge < -0.3 is 25.4 Å². The molecule has 3 N–H and O–H groups in total. The van der Waals surface area contributed by atoms with E-state index in [2.05, 4.69) is 36.9 Å². The van der Waals surface area contributed by atoms with Crippen LogP contribution in [0.1, 0.15) is 31.4 Å². The Morgan fingerprint density at radius 1 is 1.18 bits per heavy atom. The fraction of sp³-hybridized carbons (Fsp3) is 0.517. The Hall–Kier alpha value is -3.85. The fourth-order valence-electron chi connectivity index (χ4n) is 5.35. The van der Waals surface area contributed by atoms with E-state index in [1.165, 1.54) is 0 Å². The average molecular weight is 623 g/mol. The van der Waals surface area contributed by atoms with E-state index in [0.717, 1.165) is 26.1 Å². The molecule has 238 valence electrons. The summed E-state index contributed by atoms with van der Waals surface area (Å²) in [7, 11) is 0. The van der Waals surface area contributed by atoms with Crippen molar-refractivity contribution in [3.05, 3.63) is 28.8 Å². The Balaban J connectivity index is 1.71. The predicted octanol–water partition coefficient (Wildman–Crippen LogP) is 4.69. The van der Waals surface area contributed by atoms with Crippen molar-refractivity contribution in [1.29, 1.82) is 0 Å². The number of aliphatic imine (C=N–C) groups is 1. The van der Waals surface area contributed by atoms with Gasteiger partial charge in [-0.25, -0.2) is 18.7 Å². The van der Waals surface area contributed by atoms with Gasteiger partial charge in [-0.2, -0.15) is 18.2 Å². The van der Waals surface area contributed by atoms with Gasteiger partial charge in [0.2, 0.25) is 11.8 Å². The predicted molar refractivity (Wildman–Crippen MR) is 159 cm³/mol. The number of aromatic nitrogens is 3. The number of nitrogens with zero attached hydrogens (tertiary/aromatic N) is 6. The number of nitrogen functional groups attached to an aromatic ring is 1. The largest absolute Gasteiger partial charge is 0.474 e. The third kappa shape index (κ3) is 6.07. The highest BCUT2D eigenvalue weighted by molar-refractivity contribution is 5.97. The first kappa shape index (κ1) is 31.6. The van der Waals surface area contributed by atoms with Crippen LogP contribution in [0.5, 0.6) is 5.88 Å². The SMILES string of the molecule is C=NCCNc1nc(N2CC(N3CCOCC3)C2)nc2c(F)c(-c3cc(N)c(F)c(C)c3C(F)(F)F)nc(OC(C)CC)c12. The van der Waals surface area contributed by atoms with E-state index in [9.17, 15) is 17.6 Å². The summed E-state index contributed by atoms with van der Waals surface area (Å²) < 4.78 is 85.6. The lowest BCUT2D eigenvalue weighted by Gasteiger charge is -2.46. The maximum Gasteiger partial charge on any atom is 0.417 e. The normalized spacial score (nSPS) is 17.0. The lowest BCUT2D eigenvalue weighted by molar-refractivity contribution is -0.137. The van der Waals surface area contributed by atoms with Gasteiger partial charge >= 0.3 is 6.18 Å². The standard InChI is InChI=1S/C29H35F5N8O2/c1-5-15(2)44-27-20-25(23(31)24(38-27)18-12-19(35)22(30)16(3)21(18)29(32,33)34)39-28(40-26(20)37-7-6-36-4)42-13-17(14-42)41-8-10-43-11-9-41/h12,15,17H,4-11,13-14,35H2,1-3H3,(H,37,39,40). The van der Waals surface area contributed by atoms with Gasteiger partial charge in [-0.05, 0) is 38.6 Å². The topological polar surface area (TPSA) is 114 Å². The number of pyridine rings is 1. The first-order valence-electron chi connectivity index (χ1n) is 14.4. The van der Waals surface area contributed by atoms with Crippen LogP contribution in [-0.4, -0.2) is 91.2 Å². The zero-order valence-electron chi connectivity index (χ0n) is 24.8. The molecule has 2 aliphatic rings. The molecule has 0 amide bonds. The monoisotopic (exact) mass is 622 g/mol. The number of morpholine rings is 1. The van der Waals surface area contributed by atoms with Crippen LogP contribution in [0.2, 0.25) is 0 Å². The number of ether oxygens (including phenoxy) is 2. The van der Waals surface area contributed by atoms with Crippen LogP contribution < -0.4 is 20.7 Å². The molecule has 1 atom stereocenters. The van der Waals surface area contributed by atoms with Gasteiger partial charge in [0.15, 0.2) is 5.82 Å². The zero-order chi connectivity index (χ0) is 31.8. The molecule has 5 rings (SSSR count). The average Bonchev–Trinajstić information content (AvgIpc) is 2.96. The Bertz CT molecular complexity index is 1540. The van der Waals surface area contributed by atoms with Crippen LogP contribution in [0.4, 0.5) is 39.4 Å². The van der Waals surface area contributed by atoms with Crippen molar-refractivity contribution in [2.24, 2.45) is 4.99 Å². The quantitative estimate of drug-likeness (QED) is 0.144. The summed E-state index contributed by atoms with van der Waals surface area (Å²) in [4.78, 5) is 21.4. The van der Waals surface area contributed by atoms with Gasteiger partial charge in [0.1, 0.15) is 28.2 Å². The Labute approximate surface area is 251 Å². The summed E-state index contributed by atoms with van der Waals surface area (Å²) in [6.45, 7) is 12.6. The fourth-order valence-corrected chi connectivity index (χ4v) is 5.35. The molecule has 0 radical (unpaired) electrons. The van der Waals surface area contributed by atoms with E-state index < -0.39 is 52.0 Å². The second-order valence-electron chi connectivity index (χ2n) is 10.9. The van der Waals surface area contributed by atoms with E-state index in [1.54, 1.807) is 6.92 Å². The molecule has 44 heavy (non-hydrogen) atoms. The molecular weight excluding hydrogens is 587 g/mol. The van der Waals surface area contributed by atoms with Crippen molar-refractivity contribution < 1.29 is 31.4 Å². The molecule has 2 aromatic heterocycles. The van der Waals surface area contributed by atoms with Crippen molar-refractivity contribution >= 4 is 35.1 Å². The molecule has 15 heteroatoms. The van der Waals surface area contributed by atoms with E-state index >= 15 is 4.39 Å². The molecule has 0 saturated carbocycles. The van der Waals surface area contributed by atoms with Crippen molar-refractivity contribution in [2.75, 3.05) is 68.4 Å². The van der Waals surface area contributed by atoms with Crippen molar-refractivity contribution in [2.45, 2.75) is 45.5 Å². The number of benzene rings is 1. The molecule has 0 bridgehead atoms. The first-order chi connectivity index (χ1) is 20.9. The maximum atomic E-state index is 16.6. The Morgan fingerprint density at radius 3 is 2.52 bits per heavy atom. The number of halogens is 5. The van der Waals surface area contributed by atoms with Crippen LogP contribution in [0.3, 0.4) is 0 Å². The third-order valence-corrected chi connectivity index (χ3v) is 7.96. The van der Waals surface area contributed by atoms with Gasteiger partial charge in [-0.15, -0.1) is 0 Å². The van der Waals surface area contributed by atoms with Gasteiger partial charge in [0.25, 0.3) is 0 Å². The number of anilines is 3. The molecule has 1 unspecified atom stereocenters. The smallest absolute Gasteiger partial charge is 0.417 e. The number of rotatable bonds is 10. The molecule has 3 aromatic rings. The van der Waals surface area contributed by atoms with E-state index in [1.807, 2.05) is 11.8 Å². The number of fused-ring (bicyclic) bond motifs is 1. The van der Waals surface area contributed by atoms with Crippen molar-refractivity contribution in [3.8, 4) is 17.1 Å². The highest BCUT2D eigenvalue weighted by atomic mass is 19.4. The molecule has 2 fully saturated rings. The summed E-state index contributed by atoms with van der Waals surface area (Å²) in [6.07, 6.45) is -4.97. The summed E-state index contributed by atoms with van der Waals surface area (Å²) in [5.41, 5.74) is 1.28.